The van der Waals surface area contributed by atoms with Crippen LogP contribution in [-0.4, -0.2) is 56.8 Å². The number of ether oxygens (including phenoxy) is 2. The highest BCUT2D eigenvalue weighted by Gasteiger charge is 2.44. The summed E-state index contributed by atoms with van der Waals surface area (Å²) >= 11 is 3.12. The van der Waals surface area contributed by atoms with Gasteiger partial charge in [0.25, 0.3) is 11.8 Å². The molecule has 0 bridgehead atoms. The second-order valence-electron chi connectivity index (χ2n) is 7.30. The highest BCUT2D eigenvalue weighted by atomic mass is 79.9. The number of imide groups is 1. The number of carbonyl (C=O) groups excluding carboxylic acids is 3. The van der Waals surface area contributed by atoms with Crippen molar-refractivity contribution < 1.29 is 35.0 Å². The predicted octanol–water partition coefficient (Wildman–Crippen LogP) is 3.20. The highest BCUT2D eigenvalue weighted by Crippen LogP contribution is 2.40. The smallest absolute Gasteiger partial charge is 0.264 e. The molecule has 0 saturated carbocycles. The Morgan fingerprint density at radius 1 is 1.21 bits per heavy atom. The van der Waals surface area contributed by atoms with E-state index >= 15 is 0 Å². The van der Waals surface area contributed by atoms with Crippen molar-refractivity contribution in [1.82, 2.24) is 4.90 Å². The molecule has 0 saturated heterocycles. The summed E-state index contributed by atoms with van der Waals surface area (Å²) in [5.41, 5.74) is -0.500. The van der Waals surface area contributed by atoms with Crippen LogP contribution >= 0.6 is 15.9 Å². The molecule has 1 N–H and O–H groups in total. The fourth-order valence-corrected chi connectivity index (χ4v) is 4.94. The van der Waals surface area contributed by atoms with Crippen LogP contribution in [0.1, 0.15) is 48.9 Å². The lowest BCUT2D eigenvalue weighted by molar-refractivity contribution is -0.114. The summed E-state index contributed by atoms with van der Waals surface area (Å²) in [6, 6.07) is 2.43. The fourth-order valence-electron chi connectivity index (χ4n) is 3.55. The molecule has 0 spiro atoms. The van der Waals surface area contributed by atoms with Gasteiger partial charge in [-0.3, -0.25) is 19.3 Å². The third kappa shape index (κ3) is 5.03. The molecule has 11 heteroatoms. The normalized spacial score (nSPS) is 15.0. The number of benzene rings is 2. The van der Waals surface area contributed by atoms with Crippen molar-refractivity contribution in [2.75, 3.05) is 31.0 Å². The molecule has 0 aliphatic carbocycles. The lowest BCUT2D eigenvalue weighted by Crippen LogP contribution is -2.37. The first-order valence-electron chi connectivity index (χ1n) is 10.8. The van der Waals surface area contributed by atoms with Crippen molar-refractivity contribution in [3.63, 3.8) is 0 Å². The van der Waals surface area contributed by atoms with Crippen LogP contribution in [0.3, 0.4) is 0 Å². The van der Waals surface area contributed by atoms with Gasteiger partial charge in [0.2, 0.25) is 5.91 Å². The van der Waals surface area contributed by atoms with E-state index in [9.17, 15) is 22.8 Å². The Hall–Kier alpha value is -2.92. The van der Waals surface area contributed by atoms with E-state index in [0.29, 0.717) is 17.1 Å². The van der Waals surface area contributed by atoms with Crippen molar-refractivity contribution in [2.45, 2.75) is 19.9 Å². The zero-order valence-corrected chi connectivity index (χ0v) is 20.7. The maximum absolute atomic E-state index is 13.6. The van der Waals surface area contributed by atoms with Crippen LogP contribution in [0, 0.1) is 0 Å². The average molecular weight is 541 g/mol. The SMILES string of the molecule is [2H]c1c([2H])c(NC(C)=O)c2c(c1Br)C(=O)N([C@H](CS(C)(=O)=O)c1ccc(OC)c(OCC)c1)C2=O. The Morgan fingerprint density at radius 3 is 2.45 bits per heavy atom. The van der Waals surface area contributed by atoms with E-state index in [1.165, 1.54) is 25.3 Å². The lowest BCUT2D eigenvalue weighted by Gasteiger charge is -2.27. The topological polar surface area (TPSA) is 119 Å². The molecule has 33 heavy (non-hydrogen) atoms. The van der Waals surface area contributed by atoms with Gasteiger partial charge in [-0.2, -0.15) is 0 Å². The van der Waals surface area contributed by atoms with Gasteiger partial charge < -0.3 is 14.8 Å². The molecular weight excluding hydrogens is 516 g/mol. The van der Waals surface area contributed by atoms with Crippen molar-refractivity contribution in [3.8, 4) is 11.5 Å². The molecule has 3 rings (SSSR count). The quantitative estimate of drug-likeness (QED) is 0.510. The van der Waals surface area contributed by atoms with Gasteiger partial charge in [-0.15, -0.1) is 0 Å². The standard InChI is InChI=1S/C22H23BrN2O7S/c1-5-32-18-10-13(6-9-17(18)31-3)16(11-33(4,29)30)25-21(27)19-14(23)7-8-15(24-12(2)26)20(19)22(25)28/h6-10,16H,5,11H2,1-4H3,(H,24,26)/t16-/m1/s1/i7D,8D. The van der Waals surface area contributed by atoms with Crippen LogP contribution in [0.4, 0.5) is 5.69 Å². The molecule has 0 unspecified atom stereocenters. The molecule has 1 heterocycles. The minimum atomic E-state index is -3.71. The molecule has 0 radical (unpaired) electrons. The monoisotopic (exact) mass is 540 g/mol. The lowest BCUT2D eigenvalue weighted by atomic mass is 10.1. The summed E-state index contributed by atoms with van der Waals surface area (Å²) in [7, 11) is -2.28. The zero-order chi connectivity index (χ0) is 26.2. The first kappa shape index (κ1) is 21.9. The molecule has 176 valence electrons. The van der Waals surface area contributed by atoms with E-state index < -0.39 is 51.4 Å². The number of nitrogens with zero attached hydrogens (tertiary/aromatic N) is 1. The number of hydrogen-bond acceptors (Lipinski definition) is 7. The predicted molar refractivity (Wildman–Crippen MR) is 126 cm³/mol. The van der Waals surface area contributed by atoms with Gasteiger partial charge in [0.05, 0.1) is 45.1 Å². The van der Waals surface area contributed by atoms with Crippen LogP contribution in [0.25, 0.3) is 0 Å². The molecule has 1 aliphatic rings. The van der Waals surface area contributed by atoms with Gasteiger partial charge in [-0.25, -0.2) is 8.42 Å². The minimum Gasteiger partial charge on any atom is -0.493 e. The van der Waals surface area contributed by atoms with Gasteiger partial charge in [-0.1, -0.05) is 6.07 Å². The van der Waals surface area contributed by atoms with Crippen molar-refractivity contribution in [2.24, 2.45) is 0 Å². The van der Waals surface area contributed by atoms with Crippen LogP contribution in [-0.2, 0) is 14.6 Å². The Balaban J connectivity index is 2.25. The largest absolute Gasteiger partial charge is 0.493 e. The van der Waals surface area contributed by atoms with Crippen LogP contribution < -0.4 is 14.8 Å². The second kappa shape index (κ2) is 9.52. The van der Waals surface area contributed by atoms with Crippen LogP contribution in [0.15, 0.2) is 34.8 Å². The Bertz CT molecular complexity index is 1350. The van der Waals surface area contributed by atoms with E-state index in [1.807, 2.05) is 0 Å². The number of anilines is 1. The number of halogens is 1. The number of carbonyl (C=O) groups is 3. The molecule has 0 fully saturated rings. The third-order valence-corrected chi connectivity index (χ3v) is 6.34. The summed E-state index contributed by atoms with van der Waals surface area (Å²) in [4.78, 5) is 39.7. The molecule has 3 amide bonds. The third-order valence-electron chi connectivity index (χ3n) is 4.83. The van der Waals surface area contributed by atoms with Gasteiger partial charge in [0.15, 0.2) is 11.5 Å². The summed E-state index contributed by atoms with van der Waals surface area (Å²) in [6.45, 7) is 3.20. The maximum atomic E-state index is 13.6. The first-order valence-corrected chi connectivity index (χ1v) is 12.6. The van der Waals surface area contributed by atoms with Gasteiger partial charge in [0.1, 0.15) is 9.84 Å². The van der Waals surface area contributed by atoms with E-state index in [4.69, 9.17) is 12.2 Å². The Labute approximate surface area is 202 Å². The molecule has 2 aromatic carbocycles. The van der Waals surface area contributed by atoms with Gasteiger partial charge in [0, 0.05) is 17.7 Å². The first-order chi connectivity index (χ1) is 16.3. The molecular formula is C22H23BrN2O7S. The van der Waals surface area contributed by atoms with E-state index in [-0.39, 0.29) is 27.9 Å². The van der Waals surface area contributed by atoms with Gasteiger partial charge in [-0.05, 0) is 52.6 Å². The van der Waals surface area contributed by atoms with Gasteiger partial charge >= 0.3 is 0 Å². The van der Waals surface area contributed by atoms with E-state index in [1.54, 1.807) is 6.92 Å². The van der Waals surface area contributed by atoms with Crippen molar-refractivity contribution >= 4 is 49.2 Å². The van der Waals surface area contributed by atoms with Crippen molar-refractivity contribution in [1.29, 1.82) is 0 Å². The highest BCUT2D eigenvalue weighted by molar-refractivity contribution is 9.10. The summed E-state index contributed by atoms with van der Waals surface area (Å²) in [5, 5.41) is 2.36. The molecule has 1 atom stereocenters. The molecule has 0 aromatic heterocycles. The number of sulfone groups is 1. The summed E-state index contributed by atoms with van der Waals surface area (Å²) in [6.07, 6.45) is 0.980. The molecule has 1 aliphatic heterocycles. The summed E-state index contributed by atoms with van der Waals surface area (Å²) in [5.74, 6) is -2.28. The Kier molecular flexibility index (Phi) is 6.32. The average Bonchev–Trinajstić information content (AvgIpc) is 3.03. The number of fused-ring (bicyclic) bond motifs is 1. The number of amides is 3. The number of nitrogens with one attached hydrogen (secondary N) is 1. The zero-order valence-electron chi connectivity index (χ0n) is 20.3. The second-order valence-corrected chi connectivity index (χ2v) is 10.3. The Morgan fingerprint density at radius 2 is 1.88 bits per heavy atom. The number of rotatable bonds is 8. The number of hydrogen-bond donors (Lipinski definition) is 1. The number of methoxy groups -OCH3 is 1. The molecule has 9 nitrogen and oxygen atoms in total. The van der Waals surface area contributed by atoms with Crippen molar-refractivity contribution in [3.05, 3.63) is 51.4 Å². The van der Waals surface area contributed by atoms with Crippen LogP contribution in [0.2, 0.25) is 0 Å². The fraction of sp³-hybridized carbons (Fsp3) is 0.318. The van der Waals surface area contributed by atoms with E-state index in [0.717, 1.165) is 18.1 Å². The maximum Gasteiger partial charge on any atom is 0.264 e. The van der Waals surface area contributed by atoms with E-state index in [2.05, 4.69) is 21.2 Å². The van der Waals surface area contributed by atoms with Crippen LogP contribution in [0.5, 0.6) is 11.5 Å². The summed E-state index contributed by atoms with van der Waals surface area (Å²) < 4.78 is 51.8. The minimum absolute atomic E-state index is 0.102. The molecule has 2 aromatic rings.